The van der Waals surface area contributed by atoms with Crippen molar-refractivity contribution in [2.45, 2.75) is 86.0 Å². The number of carbonyl (C=O) groups is 4. The van der Waals surface area contributed by atoms with Gasteiger partial charge in [-0.15, -0.1) is 0 Å². The molecule has 3 aromatic rings. The van der Waals surface area contributed by atoms with Crippen LogP contribution in [0.4, 0.5) is 9.59 Å². The van der Waals surface area contributed by atoms with Crippen molar-refractivity contribution in [1.82, 2.24) is 30.4 Å². The van der Waals surface area contributed by atoms with E-state index < -0.39 is 15.8 Å². The molecule has 1 atom stereocenters. The number of aromatic amines is 1. The summed E-state index contributed by atoms with van der Waals surface area (Å²) in [7, 11) is 5.17. The van der Waals surface area contributed by atoms with E-state index in [1.165, 1.54) is 19.8 Å². The SMILES string of the molecule is CCCN(Cc1nc2ccc(-c3ccc(C45[B]C(CN(CCC)C(=O)[CH]([Pb])NC(=O)OC)(CCC4)CCC5)cc3)cc2[nH]1)C(=O)CNC(=O)OC. The third kappa shape index (κ3) is 9.25. The van der Waals surface area contributed by atoms with Crippen LogP contribution in [0.5, 0.6) is 0 Å². The van der Waals surface area contributed by atoms with E-state index in [0.29, 0.717) is 57.8 Å². The van der Waals surface area contributed by atoms with Crippen LogP contribution >= 0.6 is 0 Å². The molecule has 2 fully saturated rings. The molecule has 1 aromatic heterocycles. The fourth-order valence-electron chi connectivity index (χ4n) is 7.94. The number of rotatable bonds is 14. The molecule has 4 radical (unpaired) electrons. The molecule has 0 saturated carbocycles. The minimum absolute atomic E-state index is 0.0103. The van der Waals surface area contributed by atoms with Gasteiger partial charge < -0.3 is 19.9 Å². The van der Waals surface area contributed by atoms with Gasteiger partial charge in [0.1, 0.15) is 12.4 Å². The first-order valence-corrected chi connectivity index (χ1v) is 20.2. The van der Waals surface area contributed by atoms with E-state index in [1.807, 2.05) is 17.9 Å². The third-order valence-corrected chi connectivity index (χ3v) is 11.8. The van der Waals surface area contributed by atoms with Crippen LogP contribution in [0.15, 0.2) is 42.5 Å². The molecule has 1 unspecified atom stereocenters. The predicted octanol–water partition coefficient (Wildman–Crippen LogP) is 4.84. The molecule has 3 heterocycles. The molecule has 2 saturated heterocycles. The number of fused-ring (bicyclic) bond motifs is 3. The molecule has 14 heteroatoms. The largest absolute Gasteiger partial charge is 0.453 e. The van der Waals surface area contributed by atoms with E-state index in [0.717, 1.165) is 73.5 Å². The van der Waals surface area contributed by atoms with E-state index in [9.17, 15) is 19.2 Å². The summed E-state index contributed by atoms with van der Waals surface area (Å²) in [6.07, 6.45) is 6.99. The number of alkyl carbamates (subject to hydrolysis) is 2. The van der Waals surface area contributed by atoms with Crippen molar-refractivity contribution in [2.24, 2.45) is 0 Å². The number of H-pyrrole nitrogens is 1. The Morgan fingerprint density at radius 3 is 2.22 bits per heavy atom. The van der Waals surface area contributed by atoms with Gasteiger partial charge in [0.25, 0.3) is 0 Å². The molecule has 0 aliphatic carbocycles. The van der Waals surface area contributed by atoms with Crippen molar-refractivity contribution in [1.29, 1.82) is 0 Å². The topological polar surface area (TPSA) is 146 Å². The number of hydrogen-bond donors (Lipinski definition) is 3. The standard InChI is InChI=1S/C37H49BN6O6.Pb/c1-5-19-43(32(45)22-39-34(47)49-3)24-31-41-29-14-11-27(21-30(29)42-31)26-9-12-28(13-10-26)37-17-7-15-36(38-37,16-8-18-37)25-44(20-6-2)33(46)23-40-35(48)50-4;/h9-14,21,23H,5-8,15-20,22,24-25H2,1-4H3,(H,39,47)(H,40,48)(H,41,42);. The molecule has 12 nitrogen and oxygen atoms in total. The monoisotopic (exact) mass is 892 g/mol. The summed E-state index contributed by atoms with van der Waals surface area (Å²) < 4.78 is 8.82. The molecule has 2 aliphatic heterocycles. The second kappa shape index (κ2) is 17.3. The molecule has 3 N–H and O–H groups in total. The summed E-state index contributed by atoms with van der Waals surface area (Å²) in [5, 5.41) is 5.09. The summed E-state index contributed by atoms with van der Waals surface area (Å²) in [5.74, 6) is 0.466. The number of nitrogens with zero attached hydrogens (tertiary/aromatic N) is 3. The summed E-state index contributed by atoms with van der Waals surface area (Å²) >= 11 is 0.510. The number of methoxy groups -OCH3 is 2. The number of ether oxygens (including phenoxy) is 2. The van der Waals surface area contributed by atoms with Gasteiger partial charge in [0.05, 0.1) is 24.7 Å². The van der Waals surface area contributed by atoms with Crippen LogP contribution in [0.3, 0.4) is 0 Å². The van der Waals surface area contributed by atoms with Crippen LogP contribution in [0.2, 0.25) is 5.31 Å². The molecule has 5 rings (SSSR count). The predicted molar refractivity (Wildman–Crippen MR) is 197 cm³/mol. The molecule has 4 amide bonds. The Bertz CT molecular complexity index is 1690. The molecule has 51 heavy (non-hydrogen) atoms. The van der Waals surface area contributed by atoms with E-state index in [1.54, 1.807) is 4.90 Å². The van der Waals surface area contributed by atoms with Gasteiger partial charge in [-0.05, 0) is 18.6 Å². The molecular weight excluding hydrogens is 842 g/mol. The van der Waals surface area contributed by atoms with Gasteiger partial charge in [-0.1, -0.05) is 13.0 Å². The number of benzene rings is 2. The van der Waals surface area contributed by atoms with E-state index in [4.69, 9.17) is 9.72 Å². The Hall–Kier alpha value is -3.62. The summed E-state index contributed by atoms with van der Waals surface area (Å²) in [4.78, 5) is 61.4. The van der Waals surface area contributed by atoms with Gasteiger partial charge in [0, 0.05) is 6.54 Å². The van der Waals surface area contributed by atoms with Crippen molar-refractivity contribution in [3.05, 3.63) is 53.9 Å². The van der Waals surface area contributed by atoms with Gasteiger partial charge in [0.2, 0.25) is 5.91 Å². The first-order valence-electron chi connectivity index (χ1n) is 17.9. The van der Waals surface area contributed by atoms with Crippen LogP contribution < -0.4 is 10.6 Å². The Morgan fingerprint density at radius 1 is 0.922 bits per heavy atom. The molecule has 2 aromatic carbocycles. The zero-order valence-electron chi connectivity index (χ0n) is 30.2. The number of hydrogen-bond acceptors (Lipinski definition) is 7. The zero-order chi connectivity index (χ0) is 36.6. The number of carbonyl (C=O) groups excluding carboxylic acids is 4. The Labute approximate surface area is 317 Å². The molecule has 2 aliphatic rings. The molecule has 270 valence electrons. The maximum absolute atomic E-state index is 13.5. The zero-order valence-corrected chi connectivity index (χ0v) is 34.1. The Kier molecular flexibility index (Phi) is 13.1. The number of imidazole rings is 1. The van der Waals surface area contributed by atoms with E-state index in [-0.39, 0.29) is 29.0 Å². The van der Waals surface area contributed by atoms with Crippen LogP contribution in [-0.4, -0.2) is 121 Å². The second-order valence-electron chi connectivity index (χ2n) is 13.9. The van der Waals surface area contributed by atoms with Crippen molar-refractivity contribution in [3.63, 3.8) is 0 Å². The van der Waals surface area contributed by atoms with Crippen LogP contribution in [0.1, 0.15) is 76.6 Å². The van der Waals surface area contributed by atoms with Crippen molar-refractivity contribution in [3.8, 4) is 11.1 Å². The molecular formula is C37H49BN6O6Pb. The van der Waals surface area contributed by atoms with E-state index >= 15 is 0 Å². The second-order valence-corrected chi connectivity index (χ2v) is 16.1. The van der Waals surface area contributed by atoms with Gasteiger partial charge >= 0.3 is 203 Å². The maximum atomic E-state index is 13.5. The maximum Gasteiger partial charge on any atom is 0.407 e. The first kappa shape index (κ1) is 38.6. The number of aromatic nitrogens is 2. The Morgan fingerprint density at radius 2 is 1.57 bits per heavy atom. The van der Waals surface area contributed by atoms with Gasteiger partial charge in [-0.25, -0.2) is 9.78 Å². The minimum atomic E-state index is -0.641. The third-order valence-electron chi connectivity index (χ3n) is 10.3. The number of nitrogens with one attached hydrogen (secondary N) is 3. The summed E-state index contributed by atoms with van der Waals surface area (Å²) in [5.41, 5.74) is 5.22. The van der Waals surface area contributed by atoms with E-state index in [2.05, 4.69) is 71.0 Å². The van der Waals surface area contributed by atoms with Crippen LogP contribution in [0, 0.1) is 0 Å². The van der Waals surface area contributed by atoms with Gasteiger partial charge in [0.15, 0.2) is 0 Å². The Balaban J connectivity index is 1.29. The van der Waals surface area contributed by atoms with Gasteiger partial charge in [-0.2, -0.15) is 0 Å². The normalized spacial score (nSPS) is 20.1. The molecule has 2 bridgehead atoms. The number of amides is 4. The van der Waals surface area contributed by atoms with Crippen LogP contribution in [-0.2, 0) is 30.9 Å². The van der Waals surface area contributed by atoms with Crippen molar-refractivity contribution in [2.75, 3.05) is 40.4 Å². The first-order chi connectivity index (χ1) is 24.5. The van der Waals surface area contributed by atoms with Crippen LogP contribution in [0.25, 0.3) is 22.2 Å². The fraction of sp³-hybridized carbons (Fsp3) is 0.541. The van der Waals surface area contributed by atoms with Crippen molar-refractivity contribution >= 4 is 68.1 Å². The quantitative estimate of drug-likeness (QED) is 0.197. The van der Waals surface area contributed by atoms with Crippen molar-refractivity contribution < 1.29 is 28.7 Å². The summed E-state index contributed by atoms with van der Waals surface area (Å²) in [6, 6.07) is 15.1. The minimum Gasteiger partial charge on any atom is -0.453 e. The average molecular weight is 892 g/mol. The van der Waals surface area contributed by atoms with Gasteiger partial charge in [-0.3, -0.25) is 4.79 Å². The average Bonchev–Trinajstić information content (AvgIpc) is 3.54. The summed E-state index contributed by atoms with van der Waals surface area (Å²) in [6.45, 7) is 6.16. The molecule has 0 spiro atoms. The smallest absolute Gasteiger partial charge is 0.407 e. The fourth-order valence-corrected chi connectivity index (χ4v) is 9.10.